The Morgan fingerprint density at radius 3 is 2.43 bits per heavy atom. The summed E-state index contributed by atoms with van der Waals surface area (Å²) in [5.74, 6) is -0.465. The minimum atomic E-state index is -4.81. The molecule has 5 nitrogen and oxygen atoms in total. The van der Waals surface area contributed by atoms with Gasteiger partial charge in [-0.25, -0.2) is 0 Å². The third kappa shape index (κ3) is 5.43. The molecule has 1 N–H and O–H groups in total. The first-order chi connectivity index (χ1) is 14.2. The summed E-state index contributed by atoms with van der Waals surface area (Å²) in [4.78, 5) is 12.3. The number of benzene rings is 2. The second-order valence-corrected chi connectivity index (χ2v) is 6.29. The van der Waals surface area contributed by atoms with Crippen LogP contribution in [0.1, 0.15) is 5.76 Å². The van der Waals surface area contributed by atoms with Crippen LogP contribution in [0.5, 0.6) is 5.75 Å². The highest BCUT2D eigenvalue weighted by atomic mass is 35.5. The van der Waals surface area contributed by atoms with Crippen molar-refractivity contribution in [3.8, 4) is 23.1 Å². The summed E-state index contributed by atoms with van der Waals surface area (Å²) in [6.07, 6.45) is -3.57. The van der Waals surface area contributed by atoms with Crippen LogP contribution >= 0.6 is 11.6 Å². The van der Waals surface area contributed by atoms with Crippen molar-refractivity contribution in [2.75, 3.05) is 5.32 Å². The lowest BCUT2D eigenvalue weighted by Crippen LogP contribution is -2.17. The molecule has 0 radical (unpaired) electrons. The Kier molecular flexibility index (Phi) is 6.14. The van der Waals surface area contributed by atoms with E-state index < -0.39 is 18.0 Å². The summed E-state index contributed by atoms with van der Waals surface area (Å²) in [5.41, 5.74) is 0.584. The molecule has 0 aliphatic rings. The minimum Gasteiger partial charge on any atom is -0.457 e. The van der Waals surface area contributed by atoms with Crippen molar-refractivity contribution in [1.29, 1.82) is 5.26 Å². The highest BCUT2D eigenvalue weighted by Crippen LogP contribution is 2.30. The number of rotatable bonds is 5. The Hall–Kier alpha value is -3.70. The van der Waals surface area contributed by atoms with Crippen LogP contribution in [-0.4, -0.2) is 12.3 Å². The minimum absolute atomic E-state index is 0.187. The Bertz CT molecular complexity index is 1130. The summed E-state index contributed by atoms with van der Waals surface area (Å²) in [6.45, 7) is 0. The maximum absolute atomic E-state index is 12.3. The number of hydrogen-bond donors (Lipinski definition) is 1. The van der Waals surface area contributed by atoms with Crippen LogP contribution in [0.3, 0.4) is 0 Å². The highest BCUT2D eigenvalue weighted by molar-refractivity contribution is 6.33. The average molecular weight is 433 g/mol. The molecule has 0 atom stereocenters. The van der Waals surface area contributed by atoms with Gasteiger partial charge < -0.3 is 14.5 Å². The standard InChI is InChI=1S/C21H12ClF3N2O3/c22-18-4-2-1-3-17(18)19-10-9-16(29-19)11-13(12-26)20(28)27-14-5-7-15(8-6-14)30-21(23,24)25/h1-11H,(H,27,28)/b13-11+. The number of carbonyl (C=O) groups excluding carboxylic acids is 1. The van der Waals surface area contributed by atoms with Gasteiger partial charge in [-0.05, 0) is 48.5 Å². The third-order valence-electron chi connectivity index (χ3n) is 3.76. The first kappa shape index (κ1) is 21.0. The maximum atomic E-state index is 12.3. The molecule has 9 heteroatoms. The zero-order valence-electron chi connectivity index (χ0n) is 15.0. The number of furan rings is 1. The number of amides is 1. The van der Waals surface area contributed by atoms with Crippen molar-refractivity contribution in [2.24, 2.45) is 0 Å². The third-order valence-corrected chi connectivity index (χ3v) is 4.09. The molecule has 2 aromatic carbocycles. The molecular weight excluding hydrogens is 421 g/mol. The summed E-state index contributed by atoms with van der Waals surface area (Å²) in [5, 5.41) is 12.2. The number of anilines is 1. The first-order valence-corrected chi connectivity index (χ1v) is 8.76. The Labute approximate surface area is 173 Å². The van der Waals surface area contributed by atoms with Crippen LogP contribution in [-0.2, 0) is 4.79 Å². The lowest BCUT2D eigenvalue weighted by molar-refractivity contribution is -0.274. The van der Waals surface area contributed by atoms with E-state index in [2.05, 4.69) is 10.1 Å². The number of hydrogen-bond acceptors (Lipinski definition) is 4. The van der Waals surface area contributed by atoms with Crippen molar-refractivity contribution >= 4 is 29.3 Å². The van der Waals surface area contributed by atoms with E-state index >= 15 is 0 Å². The van der Waals surface area contributed by atoms with Crippen LogP contribution in [0.25, 0.3) is 17.4 Å². The van der Waals surface area contributed by atoms with Gasteiger partial charge in [0.25, 0.3) is 5.91 Å². The number of ether oxygens (including phenoxy) is 1. The van der Waals surface area contributed by atoms with Gasteiger partial charge in [0.15, 0.2) is 0 Å². The lowest BCUT2D eigenvalue weighted by Gasteiger charge is -2.09. The molecule has 0 aliphatic heterocycles. The Balaban J connectivity index is 1.73. The fraction of sp³-hybridized carbons (Fsp3) is 0.0476. The molecule has 1 aromatic heterocycles. The second kappa shape index (κ2) is 8.76. The molecule has 0 spiro atoms. The summed E-state index contributed by atoms with van der Waals surface area (Å²) < 4.78 is 46.0. The number of nitrogens with zero attached hydrogens (tertiary/aromatic N) is 1. The Morgan fingerprint density at radius 1 is 1.10 bits per heavy atom. The van der Waals surface area contributed by atoms with Gasteiger partial charge in [-0.1, -0.05) is 23.7 Å². The fourth-order valence-corrected chi connectivity index (χ4v) is 2.69. The smallest absolute Gasteiger partial charge is 0.457 e. The fourth-order valence-electron chi connectivity index (χ4n) is 2.47. The summed E-state index contributed by atoms with van der Waals surface area (Å²) in [6, 6.07) is 16.5. The topological polar surface area (TPSA) is 75.3 Å². The molecule has 3 aromatic rings. The highest BCUT2D eigenvalue weighted by Gasteiger charge is 2.31. The molecule has 3 rings (SSSR count). The number of carbonyl (C=O) groups is 1. The molecule has 1 amide bonds. The monoisotopic (exact) mass is 432 g/mol. The number of nitriles is 1. The largest absolute Gasteiger partial charge is 0.573 e. The first-order valence-electron chi connectivity index (χ1n) is 8.39. The van der Waals surface area contributed by atoms with Gasteiger partial charge in [0.1, 0.15) is 28.9 Å². The molecule has 0 bridgehead atoms. The molecule has 30 heavy (non-hydrogen) atoms. The predicted molar refractivity (Wildman–Crippen MR) is 104 cm³/mol. The molecule has 0 saturated heterocycles. The van der Waals surface area contributed by atoms with Gasteiger partial charge >= 0.3 is 6.36 Å². The van der Waals surface area contributed by atoms with Gasteiger partial charge in [0.05, 0.1) is 5.02 Å². The molecule has 0 unspecified atom stereocenters. The molecule has 0 fully saturated rings. The Morgan fingerprint density at radius 2 is 1.80 bits per heavy atom. The zero-order valence-corrected chi connectivity index (χ0v) is 15.8. The van der Waals surface area contributed by atoms with Crippen molar-refractivity contribution in [3.05, 3.63) is 77.0 Å². The van der Waals surface area contributed by atoms with E-state index in [4.69, 9.17) is 16.0 Å². The summed E-state index contributed by atoms with van der Waals surface area (Å²) >= 11 is 6.13. The van der Waals surface area contributed by atoms with Crippen molar-refractivity contribution in [3.63, 3.8) is 0 Å². The van der Waals surface area contributed by atoms with Crippen molar-refractivity contribution in [2.45, 2.75) is 6.36 Å². The van der Waals surface area contributed by atoms with Crippen LogP contribution in [0, 0.1) is 11.3 Å². The molecule has 0 saturated carbocycles. The van der Waals surface area contributed by atoms with Gasteiger partial charge in [0, 0.05) is 17.3 Å². The van der Waals surface area contributed by atoms with E-state index in [1.807, 2.05) is 0 Å². The van der Waals surface area contributed by atoms with Crippen LogP contribution in [0.2, 0.25) is 5.02 Å². The van der Waals surface area contributed by atoms with Crippen molar-refractivity contribution in [1.82, 2.24) is 0 Å². The van der Waals surface area contributed by atoms with Crippen molar-refractivity contribution < 1.29 is 27.1 Å². The zero-order chi connectivity index (χ0) is 21.7. The van der Waals surface area contributed by atoms with E-state index in [1.54, 1.807) is 42.5 Å². The maximum Gasteiger partial charge on any atom is 0.573 e. The van der Waals surface area contributed by atoms with Gasteiger partial charge in [-0.15, -0.1) is 13.2 Å². The molecule has 0 aliphatic carbocycles. The van der Waals surface area contributed by atoms with E-state index in [-0.39, 0.29) is 17.0 Å². The van der Waals surface area contributed by atoms with Gasteiger partial charge in [0.2, 0.25) is 0 Å². The number of alkyl halides is 3. The van der Waals surface area contributed by atoms with E-state index in [1.165, 1.54) is 18.2 Å². The quantitative estimate of drug-likeness (QED) is 0.393. The number of halogens is 4. The second-order valence-electron chi connectivity index (χ2n) is 5.88. The van der Waals surface area contributed by atoms with E-state index in [9.17, 15) is 23.2 Å². The number of nitrogens with one attached hydrogen (secondary N) is 1. The average Bonchev–Trinajstić information content (AvgIpc) is 3.15. The lowest BCUT2D eigenvalue weighted by atomic mass is 10.2. The van der Waals surface area contributed by atoms with Crippen LogP contribution in [0.4, 0.5) is 18.9 Å². The van der Waals surface area contributed by atoms with E-state index in [0.29, 0.717) is 16.3 Å². The van der Waals surface area contributed by atoms with E-state index in [0.717, 1.165) is 12.1 Å². The predicted octanol–water partition coefficient (Wildman–Crippen LogP) is 6.04. The molecular formula is C21H12ClF3N2O3. The van der Waals surface area contributed by atoms with Gasteiger partial charge in [-0.2, -0.15) is 5.26 Å². The molecule has 1 heterocycles. The normalized spacial score (nSPS) is 11.6. The van der Waals surface area contributed by atoms with Crippen LogP contribution in [0.15, 0.2) is 70.7 Å². The molecule has 152 valence electrons. The SMILES string of the molecule is N#C/C(=C\c1ccc(-c2ccccc2Cl)o1)C(=O)Nc1ccc(OC(F)(F)F)cc1. The summed E-state index contributed by atoms with van der Waals surface area (Å²) in [7, 11) is 0. The van der Waals surface area contributed by atoms with Gasteiger partial charge in [-0.3, -0.25) is 4.79 Å². The van der Waals surface area contributed by atoms with Crippen LogP contribution < -0.4 is 10.1 Å².